The Balaban J connectivity index is 2.15. The van der Waals surface area contributed by atoms with E-state index in [9.17, 15) is 0 Å². The molecule has 0 aliphatic rings. The third-order valence-corrected chi connectivity index (χ3v) is 3.06. The van der Waals surface area contributed by atoms with Gasteiger partial charge in [0.2, 0.25) is 0 Å². The van der Waals surface area contributed by atoms with Crippen LogP contribution in [0.5, 0.6) is 0 Å². The minimum absolute atomic E-state index is 0.606. The molecule has 3 nitrogen and oxygen atoms in total. The molecule has 0 radical (unpaired) electrons. The number of hydrogen-bond donors (Lipinski definition) is 1. The first-order valence-corrected chi connectivity index (χ1v) is 6.20. The van der Waals surface area contributed by atoms with Crippen molar-refractivity contribution in [2.45, 2.75) is 20.0 Å². The van der Waals surface area contributed by atoms with Gasteiger partial charge in [0.25, 0.3) is 0 Å². The Morgan fingerprint density at radius 3 is 2.94 bits per heavy atom. The van der Waals surface area contributed by atoms with Crippen molar-refractivity contribution in [3.8, 4) is 6.07 Å². The quantitative estimate of drug-likeness (QED) is 0.911. The molecule has 1 aromatic heterocycles. The maximum Gasteiger partial charge on any atom is 0.101 e. The fraction of sp³-hybridized carbons (Fsp3) is 0.214. The summed E-state index contributed by atoms with van der Waals surface area (Å²) in [4.78, 5) is 0. The van der Waals surface area contributed by atoms with E-state index in [0.29, 0.717) is 17.1 Å². The van der Waals surface area contributed by atoms with E-state index in [1.807, 2.05) is 12.3 Å². The van der Waals surface area contributed by atoms with E-state index < -0.39 is 0 Å². The molecular formula is C14H14ClN3. The van der Waals surface area contributed by atoms with E-state index in [1.165, 1.54) is 5.69 Å². The molecule has 1 aromatic carbocycles. The number of nitrogens with one attached hydrogen (secondary N) is 1. The van der Waals surface area contributed by atoms with Crippen molar-refractivity contribution in [3.05, 3.63) is 52.8 Å². The molecule has 0 aliphatic heterocycles. The van der Waals surface area contributed by atoms with Gasteiger partial charge in [0.05, 0.1) is 17.8 Å². The highest BCUT2D eigenvalue weighted by Gasteiger charge is 2.04. The van der Waals surface area contributed by atoms with Gasteiger partial charge in [0.1, 0.15) is 6.07 Å². The maximum absolute atomic E-state index is 9.03. The predicted molar refractivity (Wildman–Crippen MR) is 73.6 cm³/mol. The Morgan fingerprint density at radius 1 is 1.39 bits per heavy atom. The molecule has 18 heavy (non-hydrogen) atoms. The summed E-state index contributed by atoms with van der Waals surface area (Å²) >= 11 is 5.94. The van der Waals surface area contributed by atoms with Crippen molar-refractivity contribution >= 4 is 17.3 Å². The zero-order chi connectivity index (χ0) is 13.0. The highest BCUT2D eigenvalue weighted by molar-refractivity contribution is 6.30. The number of aromatic nitrogens is 1. The fourth-order valence-electron chi connectivity index (χ4n) is 1.86. The molecule has 92 valence electrons. The van der Waals surface area contributed by atoms with Crippen molar-refractivity contribution in [1.29, 1.82) is 5.26 Å². The number of nitriles is 1. The first-order valence-electron chi connectivity index (χ1n) is 5.82. The van der Waals surface area contributed by atoms with Gasteiger partial charge < -0.3 is 9.88 Å². The number of anilines is 1. The standard InChI is InChI=1S/C14H14ClN3/c1-2-18-7-3-4-13(18)10-17-14-8-12(15)6-5-11(14)9-16/h3-8,17H,2,10H2,1H3. The second kappa shape index (κ2) is 5.61. The molecular weight excluding hydrogens is 246 g/mol. The summed E-state index contributed by atoms with van der Waals surface area (Å²) in [6.45, 7) is 3.71. The Labute approximate surface area is 112 Å². The van der Waals surface area contributed by atoms with Crippen molar-refractivity contribution in [2.24, 2.45) is 0 Å². The van der Waals surface area contributed by atoms with E-state index in [2.05, 4.69) is 28.9 Å². The van der Waals surface area contributed by atoms with Gasteiger partial charge >= 0.3 is 0 Å². The molecule has 0 amide bonds. The van der Waals surface area contributed by atoms with Gasteiger partial charge in [-0.1, -0.05) is 11.6 Å². The molecule has 1 N–H and O–H groups in total. The molecule has 2 aromatic rings. The number of hydrogen-bond acceptors (Lipinski definition) is 2. The molecule has 0 atom stereocenters. The third kappa shape index (κ3) is 2.66. The van der Waals surface area contributed by atoms with E-state index >= 15 is 0 Å². The van der Waals surface area contributed by atoms with Crippen LogP contribution in [0.15, 0.2) is 36.5 Å². The second-order valence-corrected chi connectivity index (χ2v) is 4.38. The lowest BCUT2D eigenvalue weighted by Gasteiger charge is -2.10. The number of benzene rings is 1. The van der Waals surface area contributed by atoms with Gasteiger partial charge in [0.15, 0.2) is 0 Å². The van der Waals surface area contributed by atoms with Crippen LogP contribution in [0.3, 0.4) is 0 Å². The molecule has 1 heterocycles. The molecule has 0 saturated carbocycles. The number of nitrogens with zero attached hydrogens (tertiary/aromatic N) is 2. The molecule has 4 heteroatoms. The van der Waals surface area contributed by atoms with Crippen LogP contribution in [0.25, 0.3) is 0 Å². The van der Waals surface area contributed by atoms with Crippen LogP contribution >= 0.6 is 11.6 Å². The number of halogens is 1. The summed E-state index contributed by atoms with van der Waals surface area (Å²) in [7, 11) is 0. The van der Waals surface area contributed by atoms with Crippen molar-refractivity contribution in [1.82, 2.24) is 4.57 Å². The van der Waals surface area contributed by atoms with Crippen LogP contribution in [0.2, 0.25) is 5.02 Å². The van der Waals surface area contributed by atoms with Gasteiger partial charge in [0, 0.05) is 23.5 Å². The molecule has 2 rings (SSSR count). The lowest BCUT2D eigenvalue weighted by molar-refractivity contribution is 0.724. The SMILES string of the molecule is CCn1cccc1CNc1cc(Cl)ccc1C#N. The van der Waals surface area contributed by atoms with Gasteiger partial charge in [-0.25, -0.2) is 0 Å². The number of aryl methyl sites for hydroxylation is 1. The summed E-state index contributed by atoms with van der Waals surface area (Å²) in [5.74, 6) is 0. The first-order chi connectivity index (χ1) is 8.74. The summed E-state index contributed by atoms with van der Waals surface area (Å²) in [5.41, 5.74) is 2.56. The Morgan fingerprint density at radius 2 is 2.22 bits per heavy atom. The van der Waals surface area contributed by atoms with Crippen LogP contribution < -0.4 is 5.32 Å². The van der Waals surface area contributed by atoms with E-state index in [4.69, 9.17) is 16.9 Å². The average molecular weight is 260 g/mol. The molecule has 0 fully saturated rings. The Kier molecular flexibility index (Phi) is 3.91. The van der Waals surface area contributed by atoms with Gasteiger partial charge in [-0.15, -0.1) is 0 Å². The molecule has 0 saturated heterocycles. The van der Waals surface area contributed by atoms with Crippen molar-refractivity contribution in [3.63, 3.8) is 0 Å². The van der Waals surface area contributed by atoms with Crippen molar-refractivity contribution in [2.75, 3.05) is 5.32 Å². The largest absolute Gasteiger partial charge is 0.378 e. The summed E-state index contributed by atoms with van der Waals surface area (Å²) in [6, 6.07) is 11.5. The predicted octanol–water partition coefficient (Wildman–Crippen LogP) is 3.65. The number of rotatable bonds is 4. The lowest BCUT2D eigenvalue weighted by atomic mass is 10.2. The Hall–Kier alpha value is -1.92. The summed E-state index contributed by atoms with van der Waals surface area (Å²) in [5, 5.41) is 12.9. The van der Waals surface area contributed by atoms with Gasteiger partial charge in [-0.3, -0.25) is 0 Å². The minimum Gasteiger partial charge on any atom is -0.378 e. The summed E-state index contributed by atoms with van der Waals surface area (Å²) < 4.78 is 2.16. The maximum atomic E-state index is 9.03. The highest BCUT2D eigenvalue weighted by atomic mass is 35.5. The van der Waals surface area contributed by atoms with Crippen LogP contribution in [0, 0.1) is 11.3 Å². The smallest absolute Gasteiger partial charge is 0.101 e. The molecule has 0 unspecified atom stereocenters. The normalized spacial score (nSPS) is 10.1. The minimum atomic E-state index is 0.606. The van der Waals surface area contributed by atoms with Crippen LogP contribution in [-0.2, 0) is 13.1 Å². The topological polar surface area (TPSA) is 40.8 Å². The zero-order valence-electron chi connectivity index (χ0n) is 10.2. The van der Waals surface area contributed by atoms with E-state index in [1.54, 1.807) is 18.2 Å². The van der Waals surface area contributed by atoms with E-state index in [-0.39, 0.29) is 0 Å². The molecule has 0 spiro atoms. The van der Waals surface area contributed by atoms with E-state index in [0.717, 1.165) is 12.2 Å². The van der Waals surface area contributed by atoms with Crippen LogP contribution in [-0.4, -0.2) is 4.57 Å². The van der Waals surface area contributed by atoms with Crippen LogP contribution in [0.1, 0.15) is 18.2 Å². The average Bonchev–Trinajstić information content (AvgIpc) is 2.84. The second-order valence-electron chi connectivity index (χ2n) is 3.94. The molecule has 0 bridgehead atoms. The third-order valence-electron chi connectivity index (χ3n) is 2.83. The van der Waals surface area contributed by atoms with Gasteiger partial charge in [-0.2, -0.15) is 5.26 Å². The highest BCUT2D eigenvalue weighted by Crippen LogP contribution is 2.21. The monoisotopic (exact) mass is 259 g/mol. The van der Waals surface area contributed by atoms with Crippen molar-refractivity contribution < 1.29 is 0 Å². The fourth-order valence-corrected chi connectivity index (χ4v) is 2.04. The van der Waals surface area contributed by atoms with Crippen LogP contribution in [0.4, 0.5) is 5.69 Å². The Bertz CT molecular complexity index is 581. The summed E-state index contributed by atoms with van der Waals surface area (Å²) in [6.07, 6.45) is 2.04. The zero-order valence-corrected chi connectivity index (χ0v) is 10.9. The first kappa shape index (κ1) is 12.5. The molecule has 0 aliphatic carbocycles. The van der Waals surface area contributed by atoms with Gasteiger partial charge in [-0.05, 0) is 37.3 Å². The lowest BCUT2D eigenvalue weighted by Crippen LogP contribution is -2.06.